The maximum absolute atomic E-state index is 12.1. The minimum Gasteiger partial charge on any atom is -0.595 e. The van der Waals surface area contributed by atoms with E-state index in [0.29, 0.717) is 25.4 Å². The summed E-state index contributed by atoms with van der Waals surface area (Å²) in [4.78, 5) is 14.0. The standard InChI is InChI=1S/C15H22N2O4/c1-4-16(5-2)14(15(18)21-6-3)11-12-7-9-13(10-8-12)17(19)20/h7-11,17,19H,4-6H2,1-3H3/b14-11+. The largest absolute Gasteiger partial charge is 0.595 e. The average molecular weight is 294 g/mol. The number of rotatable bonds is 7. The monoisotopic (exact) mass is 294 g/mol. The van der Waals surface area contributed by atoms with Gasteiger partial charge < -0.3 is 14.8 Å². The van der Waals surface area contributed by atoms with Gasteiger partial charge in [0.15, 0.2) is 5.69 Å². The minimum atomic E-state index is -0.972. The van der Waals surface area contributed by atoms with Crippen molar-refractivity contribution in [1.82, 2.24) is 4.90 Å². The van der Waals surface area contributed by atoms with Gasteiger partial charge >= 0.3 is 5.97 Å². The van der Waals surface area contributed by atoms with Crippen molar-refractivity contribution in [3.05, 3.63) is 40.7 Å². The highest BCUT2D eigenvalue weighted by Crippen LogP contribution is 2.14. The number of likely N-dealkylation sites (N-methyl/N-ethyl adjacent to an activating group) is 1. The molecule has 1 rings (SSSR count). The van der Waals surface area contributed by atoms with Crippen LogP contribution in [0.15, 0.2) is 30.0 Å². The van der Waals surface area contributed by atoms with Crippen LogP contribution in [0.2, 0.25) is 0 Å². The van der Waals surface area contributed by atoms with Gasteiger partial charge in [-0.25, -0.2) is 10.0 Å². The van der Waals surface area contributed by atoms with Crippen LogP contribution in [0.5, 0.6) is 0 Å². The van der Waals surface area contributed by atoms with Crippen LogP contribution in [0.25, 0.3) is 6.08 Å². The molecule has 2 N–H and O–H groups in total. The lowest BCUT2D eigenvalue weighted by Crippen LogP contribution is -2.99. The Morgan fingerprint density at radius 3 is 2.29 bits per heavy atom. The van der Waals surface area contributed by atoms with Crippen molar-refractivity contribution in [1.29, 1.82) is 0 Å². The predicted octanol–water partition coefficient (Wildman–Crippen LogP) is 1.34. The number of hydrogen-bond acceptors (Lipinski definition) is 5. The molecule has 0 amide bonds. The summed E-state index contributed by atoms with van der Waals surface area (Å²) < 4.78 is 5.08. The van der Waals surface area contributed by atoms with Gasteiger partial charge in [-0.2, -0.15) is 5.23 Å². The fourth-order valence-electron chi connectivity index (χ4n) is 1.93. The van der Waals surface area contributed by atoms with E-state index in [1.807, 2.05) is 18.7 Å². The second kappa shape index (κ2) is 8.41. The van der Waals surface area contributed by atoms with Crippen molar-refractivity contribution < 1.29 is 20.0 Å². The molecule has 1 aromatic carbocycles. The van der Waals surface area contributed by atoms with E-state index < -0.39 is 5.23 Å². The van der Waals surface area contributed by atoms with Crippen LogP contribution in [-0.4, -0.2) is 35.8 Å². The van der Waals surface area contributed by atoms with E-state index in [9.17, 15) is 10.0 Å². The summed E-state index contributed by atoms with van der Waals surface area (Å²) in [7, 11) is 0. The summed E-state index contributed by atoms with van der Waals surface area (Å²) in [5, 5.41) is 18.7. The third-order valence-corrected chi connectivity index (χ3v) is 3.05. The first kappa shape index (κ1) is 17.2. The first-order chi connectivity index (χ1) is 10.0. The van der Waals surface area contributed by atoms with Gasteiger partial charge in [0.25, 0.3) is 0 Å². The van der Waals surface area contributed by atoms with Gasteiger partial charge in [-0.3, -0.25) is 0 Å². The molecule has 21 heavy (non-hydrogen) atoms. The van der Waals surface area contributed by atoms with Gasteiger partial charge in [0.05, 0.1) is 6.61 Å². The normalized spacial score (nSPS) is 12.9. The quantitative estimate of drug-likeness (QED) is 0.451. The fraction of sp³-hybridized carbons (Fsp3) is 0.400. The number of ether oxygens (including phenoxy) is 1. The molecule has 1 unspecified atom stereocenters. The lowest BCUT2D eigenvalue weighted by atomic mass is 10.1. The Hall–Kier alpha value is -1.89. The number of quaternary nitrogens is 1. The Labute approximate surface area is 124 Å². The lowest BCUT2D eigenvalue weighted by Gasteiger charge is -2.23. The highest BCUT2D eigenvalue weighted by atomic mass is 16.8. The van der Waals surface area contributed by atoms with E-state index in [-0.39, 0.29) is 11.7 Å². The molecule has 0 fully saturated rings. The highest BCUT2D eigenvalue weighted by Gasteiger charge is 2.16. The smallest absolute Gasteiger partial charge is 0.354 e. The third-order valence-electron chi connectivity index (χ3n) is 3.05. The molecular weight excluding hydrogens is 272 g/mol. The van der Waals surface area contributed by atoms with Crippen molar-refractivity contribution in [3.8, 4) is 0 Å². The minimum absolute atomic E-state index is 0.215. The molecule has 0 spiro atoms. The number of esters is 1. The number of benzene rings is 1. The van der Waals surface area contributed by atoms with Gasteiger partial charge in [0, 0.05) is 25.2 Å². The van der Waals surface area contributed by atoms with Gasteiger partial charge in [0.2, 0.25) is 0 Å². The molecule has 0 aliphatic rings. The van der Waals surface area contributed by atoms with Gasteiger partial charge in [0.1, 0.15) is 5.70 Å². The second-order valence-corrected chi connectivity index (χ2v) is 4.35. The molecule has 0 aliphatic carbocycles. The molecule has 6 nitrogen and oxygen atoms in total. The average Bonchev–Trinajstić information content (AvgIpc) is 2.48. The Balaban J connectivity index is 3.08. The van der Waals surface area contributed by atoms with E-state index in [1.165, 1.54) is 12.1 Å². The molecule has 6 heteroatoms. The van der Waals surface area contributed by atoms with Crippen LogP contribution in [0.4, 0.5) is 5.69 Å². The zero-order valence-corrected chi connectivity index (χ0v) is 12.6. The van der Waals surface area contributed by atoms with E-state index in [0.717, 1.165) is 5.56 Å². The summed E-state index contributed by atoms with van der Waals surface area (Å²) in [5.74, 6) is -0.372. The number of carbonyl (C=O) groups excluding carboxylic acids is 1. The Kier molecular flexibility index (Phi) is 6.87. The molecule has 0 radical (unpaired) electrons. The third kappa shape index (κ3) is 4.86. The Morgan fingerprint density at radius 2 is 1.86 bits per heavy atom. The molecule has 116 valence electrons. The number of carbonyl (C=O) groups is 1. The van der Waals surface area contributed by atoms with Crippen molar-refractivity contribution in [2.75, 3.05) is 19.7 Å². The Bertz CT molecular complexity index is 479. The van der Waals surface area contributed by atoms with E-state index in [4.69, 9.17) is 9.94 Å². The van der Waals surface area contributed by atoms with Crippen molar-refractivity contribution in [2.24, 2.45) is 0 Å². The molecule has 0 heterocycles. The van der Waals surface area contributed by atoms with Crippen LogP contribution < -0.4 is 5.23 Å². The Morgan fingerprint density at radius 1 is 1.29 bits per heavy atom. The van der Waals surface area contributed by atoms with Crippen molar-refractivity contribution >= 4 is 17.7 Å². The maximum atomic E-state index is 12.1. The van der Waals surface area contributed by atoms with E-state index >= 15 is 0 Å². The van der Waals surface area contributed by atoms with Crippen LogP contribution in [0, 0.1) is 5.21 Å². The molecule has 0 bridgehead atoms. The molecular formula is C15H22N2O4. The SMILES string of the molecule is CCOC(=O)/C(=C\c1ccc([NH+]([O-])O)cc1)N(CC)CC. The van der Waals surface area contributed by atoms with Crippen LogP contribution in [0.3, 0.4) is 0 Å². The molecule has 1 aromatic rings. The van der Waals surface area contributed by atoms with Gasteiger partial charge in [-0.15, -0.1) is 0 Å². The van der Waals surface area contributed by atoms with Crippen molar-refractivity contribution in [3.63, 3.8) is 0 Å². The summed E-state index contributed by atoms with van der Waals surface area (Å²) in [5.41, 5.74) is 1.45. The summed E-state index contributed by atoms with van der Waals surface area (Å²) >= 11 is 0. The zero-order chi connectivity index (χ0) is 15.8. The summed E-state index contributed by atoms with van der Waals surface area (Å²) in [6.07, 6.45) is 1.72. The van der Waals surface area contributed by atoms with Gasteiger partial charge in [-0.1, -0.05) is 0 Å². The van der Waals surface area contributed by atoms with E-state index in [1.54, 1.807) is 25.1 Å². The number of nitrogens with one attached hydrogen (secondary N) is 1. The maximum Gasteiger partial charge on any atom is 0.354 e. The summed E-state index contributed by atoms with van der Waals surface area (Å²) in [6.45, 7) is 7.38. The topological polar surface area (TPSA) is 77.3 Å². The lowest BCUT2D eigenvalue weighted by molar-refractivity contribution is -0.991. The fourth-order valence-corrected chi connectivity index (χ4v) is 1.93. The first-order valence-electron chi connectivity index (χ1n) is 7.00. The number of hydrogen-bond donors (Lipinski definition) is 2. The first-order valence-corrected chi connectivity index (χ1v) is 7.00. The van der Waals surface area contributed by atoms with Crippen LogP contribution >= 0.6 is 0 Å². The van der Waals surface area contributed by atoms with Crippen molar-refractivity contribution in [2.45, 2.75) is 20.8 Å². The van der Waals surface area contributed by atoms with Gasteiger partial charge in [-0.05, 0) is 44.5 Å². The molecule has 0 saturated heterocycles. The molecule has 0 aliphatic heterocycles. The summed E-state index contributed by atoms with van der Waals surface area (Å²) in [6, 6.07) is 6.37. The second-order valence-electron chi connectivity index (χ2n) is 4.35. The van der Waals surface area contributed by atoms with E-state index in [2.05, 4.69) is 0 Å². The zero-order valence-electron chi connectivity index (χ0n) is 12.6. The molecule has 1 atom stereocenters. The highest BCUT2D eigenvalue weighted by molar-refractivity contribution is 5.93. The van der Waals surface area contributed by atoms with Crippen LogP contribution in [-0.2, 0) is 9.53 Å². The number of nitrogens with zero attached hydrogens (tertiary/aromatic N) is 1. The predicted molar refractivity (Wildman–Crippen MR) is 79.7 cm³/mol. The molecule has 0 aromatic heterocycles. The molecule has 0 saturated carbocycles. The van der Waals surface area contributed by atoms with Crippen LogP contribution in [0.1, 0.15) is 26.3 Å².